The molecule has 0 saturated carbocycles. The van der Waals surface area contributed by atoms with Gasteiger partial charge in [0.1, 0.15) is 0 Å². The molecule has 0 fully saturated rings. The van der Waals surface area contributed by atoms with E-state index < -0.39 is 0 Å². The van der Waals surface area contributed by atoms with Crippen molar-refractivity contribution >= 4 is 11.9 Å². The van der Waals surface area contributed by atoms with Crippen LogP contribution in [0.4, 0.5) is 0 Å². The molecule has 0 atom stereocenters. The Kier molecular flexibility index (Phi) is 11.2. The topological polar surface area (TPSA) is 55.4 Å². The zero-order chi connectivity index (χ0) is 9.98. The van der Waals surface area contributed by atoms with Crippen LogP contribution in [0.15, 0.2) is 0 Å². The van der Waals surface area contributed by atoms with Gasteiger partial charge in [-0.2, -0.15) is 0 Å². The van der Waals surface area contributed by atoms with Crippen LogP contribution in [-0.2, 0) is 14.3 Å². The molecule has 0 saturated heterocycles. The predicted molar refractivity (Wildman–Crippen MR) is 46.7 cm³/mol. The number of amides is 1. The number of ether oxygens (including phenoxy) is 1. The summed E-state index contributed by atoms with van der Waals surface area (Å²) in [5.41, 5.74) is 0. The highest BCUT2D eigenvalue weighted by atomic mass is 16.5. The first kappa shape index (κ1) is 13.5. The maximum Gasteiger partial charge on any atom is 0.305 e. The van der Waals surface area contributed by atoms with Gasteiger partial charge in [-0.25, -0.2) is 0 Å². The second kappa shape index (κ2) is 9.94. The van der Waals surface area contributed by atoms with E-state index in [-0.39, 0.29) is 11.9 Å². The summed E-state index contributed by atoms with van der Waals surface area (Å²) >= 11 is 0. The zero-order valence-electron chi connectivity index (χ0n) is 8.14. The summed E-state index contributed by atoms with van der Waals surface area (Å²) in [5.74, 6) is -0.0648. The molecule has 0 aromatic heterocycles. The first-order valence-electron chi connectivity index (χ1n) is 3.89. The molecule has 0 spiro atoms. The quantitative estimate of drug-likeness (QED) is 0.629. The van der Waals surface area contributed by atoms with Crippen LogP contribution in [0.1, 0.15) is 26.7 Å². The maximum absolute atomic E-state index is 10.1. The van der Waals surface area contributed by atoms with Crippen LogP contribution in [0, 0.1) is 0 Å². The number of methoxy groups -OCH3 is 1. The standard InChI is InChI=1S/C4H9NO.C4H8O2/c1-3-4(6)5-2;1-3-4(5)6-2/h3H2,1-2H3,(H,5,6);3H2,1-2H3. The van der Waals surface area contributed by atoms with E-state index in [1.54, 1.807) is 14.0 Å². The molecule has 0 radical (unpaired) electrons. The molecule has 4 heteroatoms. The molecule has 1 N–H and O–H groups in total. The largest absolute Gasteiger partial charge is 0.469 e. The van der Waals surface area contributed by atoms with Crippen LogP contribution in [0.25, 0.3) is 0 Å². The third kappa shape index (κ3) is 11.7. The highest BCUT2D eigenvalue weighted by Crippen LogP contribution is 1.76. The Labute approximate surface area is 73.3 Å². The van der Waals surface area contributed by atoms with Crippen LogP contribution in [0.5, 0.6) is 0 Å². The van der Waals surface area contributed by atoms with E-state index in [2.05, 4.69) is 10.1 Å². The lowest BCUT2D eigenvalue weighted by atomic mass is 10.5. The van der Waals surface area contributed by atoms with Crippen molar-refractivity contribution in [2.24, 2.45) is 0 Å². The predicted octanol–water partition coefficient (Wildman–Crippen LogP) is 0.712. The van der Waals surface area contributed by atoms with Crippen molar-refractivity contribution in [2.75, 3.05) is 14.2 Å². The third-order valence-electron chi connectivity index (χ3n) is 1.12. The minimum absolute atomic E-state index is 0.0926. The van der Waals surface area contributed by atoms with Crippen LogP contribution < -0.4 is 5.32 Å². The van der Waals surface area contributed by atoms with E-state index in [4.69, 9.17) is 0 Å². The lowest BCUT2D eigenvalue weighted by Gasteiger charge is -1.87. The maximum atomic E-state index is 10.1. The van der Waals surface area contributed by atoms with Crippen molar-refractivity contribution in [3.8, 4) is 0 Å². The molecule has 4 nitrogen and oxygen atoms in total. The summed E-state index contributed by atoms with van der Waals surface area (Å²) < 4.78 is 4.26. The van der Waals surface area contributed by atoms with Crippen LogP contribution in [0.2, 0.25) is 0 Å². The minimum atomic E-state index is -0.157. The van der Waals surface area contributed by atoms with Gasteiger partial charge in [0.25, 0.3) is 0 Å². The second-order valence-electron chi connectivity index (χ2n) is 1.96. The van der Waals surface area contributed by atoms with Gasteiger partial charge in [0.05, 0.1) is 7.11 Å². The number of carbonyl (C=O) groups is 2. The van der Waals surface area contributed by atoms with Gasteiger partial charge in [0, 0.05) is 19.9 Å². The van der Waals surface area contributed by atoms with Crippen LogP contribution in [0.3, 0.4) is 0 Å². The van der Waals surface area contributed by atoms with E-state index in [1.807, 2.05) is 6.92 Å². The monoisotopic (exact) mass is 175 g/mol. The van der Waals surface area contributed by atoms with Crippen molar-refractivity contribution in [3.63, 3.8) is 0 Å². The Morgan fingerprint density at radius 3 is 1.75 bits per heavy atom. The molecule has 0 aliphatic rings. The average molecular weight is 175 g/mol. The third-order valence-corrected chi connectivity index (χ3v) is 1.12. The number of hydrogen-bond acceptors (Lipinski definition) is 3. The molecule has 12 heavy (non-hydrogen) atoms. The summed E-state index contributed by atoms with van der Waals surface area (Å²) in [7, 11) is 3.01. The van der Waals surface area contributed by atoms with Gasteiger partial charge in [-0.15, -0.1) is 0 Å². The normalized spacial score (nSPS) is 7.67. The first-order valence-corrected chi connectivity index (χ1v) is 3.89. The van der Waals surface area contributed by atoms with Gasteiger partial charge in [-0.3, -0.25) is 9.59 Å². The zero-order valence-corrected chi connectivity index (χ0v) is 8.14. The van der Waals surface area contributed by atoms with Gasteiger partial charge in [0.2, 0.25) is 5.91 Å². The first-order chi connectivity index (χ1) is 5.62. The van der Waals surface area contributed by atoms with Crippen LogP contribution >= 0.6 is 0 Å². The molecule has 1 amide bonds. The van der Waals surface area contributed by atoms with Crippen molar-refractivity contribution in [1.29, 1.82) is 0 Å². The van der Waals surface area contributed by atoms with Crippen molar-refractivity contribution in [1.82, 2.24) is 5.32 Å². The summed E-state index contributed by atoms with van der Waals surface area (Å²) in [6.07, 6.45) is 1.05. The minimum Gasteiger partial charge on any atom is -0.469 e. The number of carbonyl (C=O) groups excluding carboxylic acids is 2. The van der Waals surface area contributed by atoms with Gasteiger partial charge < -0.3 is 10.1 Å². The van der Waals surface area contributed by atoms with Gasteiger partial charge in [0.15, 0.2) is 0 Å². The number of nitrogens with one attached hydrogen (secondary N) is 1. The Morgan fingerprint density at radius 2 is 1.75 bits per heavy atom. The summed E-state index contributed by atoms with van der Waals surface area (Å²) in [6.45, 7) is 3.57. The fraction of sp³-hybridized carbons (Fsp3) is 0.750. The van der Waals surface area contributed by atoms with Crippen molar-refractivity contribution in [3.05, 3.63) is 0 Å². The summed E-state index contributed by atoms with van der Waals surface area (Å²) in [6, 6.07) is 0. The molecular formula is C8H17NO3. The van der Waals surface area contributed by atoms with Gasteiger partial charge in [-0.1, -0.05) is 13.8 Å². The fourth-order valence-electron chi connectivity index (χ4n) is 0.321. The highest BCUT2D eigenvalue weighted by molar-refractivity contribution is 5.74. The van der Waals surface area contributed by atoms with Gasteiger partial charge >= 0.3 is 5.97 Å². The molecule has 0 aliphatic heterocycles. The van der Waals surface area contributed by atoms with E-state index in [1.165, 1.54) is 7.11 Å². The summed E-state index contributed by atoms with van der Waals surface area (Å²) in [4.78, 5) is 20.0. The number of hydrogen-bond donors (Lipinski definition) is 1. The van der Waals surface area contributed by atoms with Crippen molar-refractivity contribution < 1.29 is 14.3 Å². The number of rotatable bonds is 2. The molecule has 0 bridgehead atoms. The lowest BCUT2D eigenvalue weighted by Crippen LogP contribution is -2.15. The Morgan fingerprint density at radius 1 is 1.25 bits per heavy atom. The molecule has 0 rings (SSSR count). The van der Waals surface area contributed by atoms with Crippen molar-refractivity contribution in [2.45, 2.75) is 26.7 Å². The molecule has 0 heterocycles. The summed E-state index contributed by atoms with van der Waals surface area (Å²) in [5, 5.41) is 2.48. The van der Waals surface area contributed by atoms with E-state index in [9.17, 15) is 9.59 Å². The Hall–Kier alpha value is -1.06. The van der Waals surface area contributed by atoms with E-state index in [0.717, 1.165) is 0 Å². The molecular weight excluding hydrogens is 158 g/mol. The van der Waals surface area contributed by atoms with Crippen LogP contribution in [-0.4, -0.2) is 26.0 Å². The molecule has 0 aromatic rings. The Balaban J connectivity index is 0. The second-order valence-corrected chi connectivity index (χ2v) is 1.96. The lowest BCUT2D eigenvalue weighted by molar-refractivity contribution is -0.140. The highest BCUT2D eigenvalue weighted by Gasteiger charge is 1.87. The van der Waals surface area contributed by atoms with E-state index in [0.29, 0.717) is 12.8 Å². The van der Waals surface area contributed by atoms with E-state index >= 15 is 0 Å². The fourth-order valence-corrected chi connectivity index (χ4v) is 0.321. The number of esters is 1. The van der Waals surface area contributed by atoms with Gasteiger partial charge in [-0.05, 0) is 0 Å². The molecule has 0 unspecified atom stereocenters. The molecule has 0 aliphatic carbocycles. The Bertz CT molecular complexity index is 106. The molecule has 72 valence electrons. The molecule has 0 aromatic carbocycles. The SMILES string of the molecule is CCC(=O)NC.CCC(=O)OC. The average Bonchev–Trinajstić information content (AvgIpc) is 2.16. The smallest absolute Gasteiger partial charge is 0.305 e.